The molecule has 0 heterocycles. The molecule has 0 atom stereocenters. The Balaban J connectivity index is 2.33. The highest BCUT2D eigenvalue weighted by atomic mass is 79.9. The number of hydrogen-bond acceptors (Lipinski definition) is 2. The first-order valence-electron chi connectivity index (χ1n) is 5.21. The van der Waals surface area contributed by atoms with Gasteiger partial charge in [0.2, 0.25) is 0 Å². The zero-order valence-corrected chi connectivity index (χ0v) is 11.6. The molecule has 5 heteroatoms. The van der Waals surface area contributed by atoms with Gasteiger partial charge >= 0.3 is 0 Å². The monoisotopic (exact) mass is 329 g/mol. The summed E-state index contributed by atoms with van der Waals surface area (Å²) in [6, 6.07) is 9.42. The summed E-state index contributed by atoms with van der Waals surface area (Å²) in [6.07, 6.45) is 0. The normalized spacial score (nSPS) is 10.4. The van der Waals surface area contributed by atoms with E-state index in [0.29, 0.717) is 27.5 Å². The van der Waals surface area contributed by atoms with Crippen LogP contribution in [-0.4, -0.2) is 0 Å². The van der Waals surface area contributed by atoms with Gasteiger partial charge in [-0.3, -0.25) is 0 Å². The van der Waals surface area contributed by atoms with Gasteiger partial charge in [-0.15, -0.1) is 0 Å². The van der Waals surface area contributed by atoms with E-state index in [0.717, 1.165) is 5.56 Å². The summed E-state index contributed by atoms with van der Waals surface area (Å²) in [6.45, 7) is 0.314. The molecule has 18 heavy (non-hydrogen) atoms. The minimum Gasteiger partial charge on any atom is -0.456 e. The molecule has 2 aromatic rings. The van der Waals surface area contributed by atoms with Crippen molar-refractivity contribution in [1.82, 2.24) is 0 Å². The van der Waals surface area contributed by atoms with Gasteiger partial charge in [0.15, 0.2) is 0 Å². The van der Waals surface area contributed by atoms with Crippen molar-refractivity contribution in [2.45, 2.75) is 6.54 Å². The third kappa shape index (κ3) is 3.02. The van der Waals surface area contributed by atoms with Crippen molar-refractivity contribution in [3.05, 3.63) is 57.3 Å². The van der Waals surface area contributed by atoms with E-state index in [-0.39, 0.29) is 5.82 Å². The van der Waals surface area contributed by atoms with E-state index in [2.05, 4.69) is 15.9 Å². The van der Waals surface area contributed by atoms with Gasteiger partial charge < -0.3 is 10.5 Å². The molecular weight excluding hydrogens is 321 g/mol. The maximum Gasteiger partial charge on any atom is 0.141 e. The Hall–Kier alpha value is -1.10. The molecule has 0 aliphatic rings. The lowest BCUT2D eigenvalue weighted by atomic mass is 10.2. The van der Waals surface area contributed by atoms with Crippen molar-refractivity contribution in [2.75, 3.05) is 0 Å². The fraction of sp³-hybridized carbons (Fsp3) is 0.0769. The van der Waals surface area contributed by atoms with Crippen LogP contribution < -0.4 is 10.5 Å². The molecule has 2 N–H and O–H groups in total. The summed E-state index contributed by atoms with van der Waals surface area (Å²) in [4.78, 5) is 0. The first kappa shape index (κ1) is 13.3. The van der Waals surface area contributed by atoms with Gasteiger partial charge in [0.05, 0.1) is 4.47 Å². The molecule has 0 saturated carbocycles. The predicted octanol–water partition coefficient (Wildman–Crippen LogP) is 4.49. The molecule has 2 nitrogen and oxygen atoms in total. The Morgan fingerprint density at radius 2 is 1.89 bits per heavy atom. The van der Waals surface area contributed by atoms with Crippen LogP contribution in [0.4, 0.5) is 4.39 Å². The van der Waals surface area contributed by atoms with E-state index >= 15 is 0 Å². The number of ether oxygens (including phenoxy) is 1. The number of rotatable bonds is 3. The Morgan fingerprint density at radius 3 is 2.56 bits per heavy atom. The molecule has 0 spiro atoms. The summed E-state index contributed by atoms with van der Waals surface area (Å²) in [5.74, 6) is 0.798. The number of hydrogen-bond donors (Lipinski definition) is 1. The van der Waals surface area contributed by atoms with E-state index in [1.807, 2.05) is 0 Å². The standard InChI is InChI=1S/C13H10BrClFNO/c14-11-6-10(16)2-4-13(11)18-12-3-1-9(15)5-8(12)7-17/h1-6H,7,17H2. The van der Waals surface area contributed by atoms with Gasteiger partial charge in [-0.2, -0.15) is 0 Å². The molecule has 0 saturated heterocycles. The van der Waals surface area contributed by atoms with Crippen LogP contribution in [0.5, 0.6) is 11.5 Å². The van der Waals surface area contributed by atoms with Crippen LogP contribution in [0.25, 0.3) is 0 Å². The van der Waals surface area contributed by atoms with Gasteiger partial charge in [0.25, 0.3) is 0 Å². The Labute approximate surface area is 118 Å². The molecule has 2 rings (SSSR count). The smallest absolute Gasteiger partial charge is 0.141 e. The van der Waals surface area contributed by atoms with Crippen molar-refractivity contribution < 1.29 is 9.13 Å². The summed E-state index contributed by atoms with van der Waals surface area (Å²) < 4.78 is 19.2. The van der Waals surface area contributed by atoms with E-state index < -0.39 is 0 Å². The third-order valence-electron chi connectivity index (χ3n) is 2.36. The lowest BCUT2D eigenvalue weighted by molar-refractivity contribution is 0.471. The van der Waals surface area contributed by atoms with Crippen molar-refractivity contribution in [3.8, 4) is 11.5 Å². The number of nitrogens with two attached hydrogens (primary N) is 1. The molecule has 0 aliphatic heterocycles. The lowest BCUT2D eigenvalue weighted by Gasteiger charge is -2.11. The Morgan fingerprint density at radius 1 is 1.17 bits per heavy atom. The lowest BCUT2D eigenvalue weighted by Crippen LogP contribution is -1.99. The Kier molecular flexibility index (Phi) is 4.22. The third-order valence-corrected chi connectivity index (χ3v) is 3.21. The molecule has 0 aromatic heterocycles. The number of halogens is 3. The van der Waals surface area contributed by atoms with E-state index in [1.165, 1.54) is 12.1 Å². The van der Waals surface area contributed by atoms with Crippen molar-refractivity contribution in [1.29, 1.82) is 0 Å². The molecule has 0 unspecified atom stereocenters. The zero-order valence-electron chi connectivity index (χ0n) is 9.29. The minimum absolute atomic E-state index is 0.314. The highest BCUT2D eigenvalue weighted by Gasteiger charge is 2.08. The number of benzene rings is 2. The fourth-order valence-corrected chi connectivity index (χ4v) is 2.11. The van der Waals surface area contributed by atoms with Crippen molar-refractivity contribution >= 4 is 27.5 Å². The highest BCUT2D eigenvalue weighted by molar-refractivity contribution is 9.10. The predicted molar refractivity (Wildman–Crippen MR) is 73.5 cm³/mol. The van der Waals surface area contributed by atoms with Crippen LogP contribution in [-0.2, 0) is 6.54 Å². The average Bonchev–Trinajstić information content (AvgIpc) is 2.34. The van der Waals surface area contributed by atoms with Gasteiger partial charge in [-0.25, -0.2) is 4.39 Å². The van der Waals surface area contributed by atoms with Crippen LogP contribution in [0, 0.1) is 5.82 Å². The summed E-state index contributed by atoms with van der Waals surface area (Å²) in [7, 11) is 0. The maximum absolute atomic E-state index is 13.0. The molecule has 0 fully saturated rings. The van der Waals surface area contributed by atoms with Gasteiger partial charge in [0.1, 0.15) is 17.3 Å². The first-order chi connectivity index (χ1) is 8.60. The highest BCUT2D eigenvalue weighted by Crippen LogP contribution is 2.32. The van der Waals surface area contributed by atoms with Crippen LogP contribution in [0.2, 0.25) is 5.02 Å². The summed E-state index contributed by atoms with van der Waals surface area (Å²) in [5.41, 5.74) is 6.42. The second-order valence-electron chi connectivity index (χ2n) is 3.63. The average molecular weight is 331 g/mol. The van der Waals surface area contributed by atoms with Gasteiger partial charge in [0, 0.05) is 17.1 Å². The Bertz CT molecular complexity index is 577. The molecule has 2 aromatic carbocycles. The molecule has 0 aliphatic carbocycles. The van der Waals surface area contributed by atoms with Crippen molar-refractivity contribution in [2.24, 2.45) is 5.73 Å². The van der Waals surface area contributed by atoms with E-state index in [1.54, 1.807) is 24.3 Å². The van der Waals surface area contributed by atoms with E-state index in [9.17, 15) is 4.39 Å². The molecule has 0 amide bonds. The largest absolute Gasteiger partial charge is 0.456 e. The molecule has 0 bridgehead atoms. The summed E-state index contributed by atoms with van der Waals surface area (Å²) >= 11 is 9.12. The fourth-order valence-electron chi connectivity index (χ4n) is 1.48. The first-order valence-corrected chi connectivity index (χ1v) is 6.38. The maximum atomic E-state index is 13.0. The van der Waals surface area contributed by atoms with Crippen LogP contribution in [0.3, 0.4) is 0 Å². The SMILES string of the molecule is NCc1cc(Cl)ccc1Oc1ccc(F)cc1Br. The van der Waals surface area contributed by atoms with Gasteiger partial charge in [-0.1, -0.05) is 11.6 Å². The van der Waals surface area contributed by atoms with E-state index in [4.69, 9.17) is 22.1 Å². The van der Waals surface area contributed by atoms with Crippen molar-refractivity contribution in [3.63, 3.8) is 0 Å². The topological polar surface area (TPSA) is 35.2 Å². The van der Waals surface area contributed by atoms with Crippen LogP contribution in [0.15, 0.2) is 40.9 Å². The second kappa shape index (κ2) is 5.69. The minimum atomic E-state index is -0.329. The summed E-state index contributed by atoms with van der Waals surface area (Å²) in [5, 5.41) is 0.598. The quantitative estimate of drug-likeness (QED) is 0.899. The van der Waals surface area contributed by atoms with Crippen LogP contribution >= 0.6 is 27.5 Å². The second-order valence-corrected chi connectivity index (χ2v) is 4.92. The van der Waals surface area contributed by atoms with Gasteiger partial charge in [-0.05, 0) is 52.3 Å². The van der Waals surface area contributed by atoms with Crippen LogP contribution in [0.1, 0.15) is 5.56 Å². The zero-order chi connectivity index (χ0) is 13.1. The molecule has 94 valence electrons. The molecular formula is C13H10BrClFNO. The molecule has 0 radical (unpaired) electrons.